The number of esters is 1. The molecule has 0 fully saturated rings. The summed E-state index contributed by atoms with van der Waals surface area (Å²) in [5.74, 6) is 0.216. The first kappa shape index (κ1) is 12.7. The lowest BCUT2D eigenvalue weighted by Gasteiger charge is -2.13. The van der Waals surface area contributed by atoms with Gasteiger partial charge in [0.1, 0.15) is 10.5 Å². The summed E-state index contributed by atoms with van der Waals surface area (Å²) in [5.41, 5.74) is 0.543. The highest BCUT2D eigenvalue weighted by molar-refractivity contribution is 7.17. The fraction of sp³-hybridized carbons (Fsp3) is 0.364. The Kier molecular flexibility index (Phi) is 3.73. The summed E-state index contributed by atoms with van der Waals surface area (Å²) in [5, 5.41) is 1.83. The highest BCUT2D eigenvalue weighted by atomic mass is 32.1. The summed E-state index contributed by atoms with van der Waals surface area (Å²) >= 11 is 1.36. The fourth-order valence-corrected chi connectivity index (χ4v) is 2.32. The molecule has 0 aliphatic carbocycles. The second kappa shape index (κ2) is 5.28. The summed E-state index contributed by atoms with van der Waals surface area (Å²) in [6.45, 7) is 0.540. The largest absolute Gasteiger partial charge is 0.468 e. The first-order valence-corrected chi connectivity index (χ1v) is 6.20. The molecule has 0 unspecified atom stereocenters. The average Bonchev–Trinajstić information content (AvgIpc) is 2.77. The zero-order valence-electron chi connectivity index (χ0n) is 10.1. The molecule has 0 radical (unpaired) electrons. The van der Waals surface area contributed by atoms with Crippen LogP contribution in [0.25, 0.3) is 10.2 Å². The van der Waals surface area contributed by atoms with Crippen molar-refractivity contribution in [1.29, 1.82) is 0 Å². The molecule has 7 heteroatoms. The lowest BCUT2D eigenvalue weighted by Crippen LogP contribution is -2.28. The molecular formula is C11H13N3O3S. The molecule has 2 aromatic heterocycles. The van der Waals surface area contributed by atoms with Crippen LogP contribution in [-0.4, -0.2) is 41.5 Å². The smallest absolute Gasteiger partial charge is 0.319 e. The topological polar surface area (TPSA) is 75.3 Å². The molecule has 0 spiro atoms. The van der Waals surface area contributed by atoms with Crippen LogP contribution in [0.4, 0.5) is 0 Å². The van der Waals surface area contributed by atoms with Gasteiger partial charge in [0, 0.05) is 0 Å². The van der Waals surface area contributed by atoms with E-state index in [0.717, 1.165) is 0 Å². The molecule has 0 atom stereocenters. The van der Waals surface area contributed by atoms with Gasteiger partial charge in [0.2, 0.25) is 0 Å². The first-order valence-electron chi connectivity index (χ1n) is 5.32. The van der Waals surface area contributed by atoms with Crippen molar-refractivity contribution < 1.29 is 9.53 Å². The van der Waals surface area contributed by atoms with Gasteiger partial charge in [0.15, 0.2) is 0 Å². The normalized spacial score (nSPS) is 11.1. The number of aromatic nitrogens is 2. The van der Waals surface area contributed by atoms with Crippen molar-refractivity contribution in [2.75, 3.05) is 20.7 Å². The molecular weight excluding hydrogens is 254 g/mol. The van der Waals surface area contributed by atoms with Crippen LogP contribution < -0.4 is 5.56 Å². The maximum atomic E-state index is 11.7. The number of methoxy groups -OCH3 is 1. The van der Waals surface area contributed by atoms with Crippen molar-refractivity contribution in [1.82, 2.24) is 14.9 Å². The number of aromatic amines is 1. The molecule has 2 aromatic rings. The van der Waals surface area contributed by atoms with Crippen LogP contribution in [0.1, 0.15) is 5.82 Å². The Bertz CT molecular complexity index is 619. The summed E-state index contributed by atoms with van der Waals surface area (Å²) in [6, 6.07) is 1.80. The van der Waals surface area contributed by atoms with Gasteiger partial charge < -0.3 is 9.72 Å². The molecule has 0 saturated carbocycles. The van der Waals surface area contributed by atoms with E-state index in [1.165, 1.54) is 18.4 Å². The number of hydrogen-bond donors (Lipinski definition) is 1. The predicted octanol–water partition coefficient (Wildman–Crippen LogP) is 0.589. The van der Waals surface area contributed by atoms with E-state index in [1.807, 2.05) is 5.38 Å². The van der Waals surface area contributed by atoms with E-state index in [2.05, 4.69) is 14.7 Å². The number of carbonyl (C=O) groups is 1. The number of thiophene rings is 1. The maximum Gasteiger partial charge on any atom is 0.319 e. The lowest BCUT2D eigenvalue weighted by atomic mass is 10.4. The molecule has 2 heterocycles. The minimum absolute atomic E-state index is 0.142. The van der Waals surface area contributed by atoms with Crippen LogP contribution in [0.2, 0.25) is 0 Å². The third-order valence-corrected chi connectivity index (χ3v) is 3.31. The predicted molar refractivity (Wildman–Crippen MR) is 68.6 cm³/mol. The van der Waals surface area contributed by atoms with Crippen LogP contribution in [0, 0.1) is 0 Å². The third-order valence-electron chi connectivity index (χ3n) is 2.41. The van der Waals surface area contributed by atoms with Crippen LogP contribution in [0.5, 0.6) is 0 Å². The molecule has 0 amide bonds. The number of hydrogen-bond acceptors (Lipinski definition) is 6. The minimum Gasteiger partial charge on any atom is -0.468 e. The van der Waals surface area contributed by atoms with Crippen LogP contribution in [0.3, 0.4) is 0 Å². The molecule has 18 heavy (non-hydrogen) atoms. The second-order valence-corrected chi connectivity index (χ2v) is 4.81. The minimum atomic E-state index is -0.323. The summed E-state index contributed by atoms with van der Waals surface area (Å²) in [7, 11) is 3.10. The van der Waals surface area contributed by atoms with Gasteiger partial charge in [0.05, 0.1) is 25.7 Å². The Balaban J connectivity index is 2.16. The number of rotatable bonds is 4. The number of ether oxygens (including phenoxy) is 1. The number of carbonyl (C=O) groups excluding carboxylic acids is 1. The number of nitrogens with zero attached hydrogens (tertiary/aromatic N) is 2. The zero-order valence-corrected chi connectivity index (χ0v) is 10.9. The van der Waals surface area contributed by atoms with Crippen molar-refractivity contribution >= 4 is 27.5 Å². The summed E-state index contributed by atoms with van der Waals surface area (Å²) in [4.78, 5) is 31.6. The SMILES string of the molecule is COC(=O)CN(C)Cc1nc2ccsc2c(=O)[nH]1. The van der Waals surface area contributed by atoms with E-state index < -0.39 is 0 Å². The van der Waals surface area contributed by atoms with E-state index >= 15 is 0 Å². The van der Waals surface area contributed by atoms with Gasteiger partial charge in [-0.25, -0.2) is 4.98 Å². The highest BCUT2D eigenvalue weighted by Crippen LogP contribution is 2.13. The van der Waals surface area contributed by atoms with E-state index in [4.69, 9.17) is 0 Å². The van der Waals surface area contributed by atoms with Crippen molar-refractivity contribution in [2.45, 2.75) is 6.54 Å². The standard InChI is InChI=1S/C11H13N3O3S/c1-14(6-9(15)17-2)5-8-12-7-3-4-18-10(7)11(16)13-8/h3-4H,5-6H2,1-2H3,(H,12,13,16). The lowest BCUT2D eigenvalue weighted by molar-refractivity contribution is -0.141. The molecule has 2 rings (SSSR count). The Morgan fingerprint density at radius 2 is 2.39 bits per heavy atom. The van der Waals surface area contributed by atoms with Gasteiger partial charge in [-0.15, -0.1) is 11.3 Å². The molecule has 0 aromatic carbocycles. The maximum absolute atomic E-state index is 11.7. The van der Waals surface area contributed by atoms with Crippen LogP contribution in [0.15, 0.2) is 16.2 Å². The molecule has 96 valence electrons. The van der Waals surface area contributed by atoms with Gasteiger partial charge in [-0.3, -0.25) is 14.5 Å². The molecule has 0 bridgehead atoms. The number of fused-ring (bicyclic) bond motifs is 1. The van der Waals surface area contributed by atoms with E-state index in [1.54, 1.807) is 18.0 Å². The van der Waals surface area contributed by atoms with Gasteiger partial charge in [-0.1, -0.05) is 0 Å². The highest BCUT2D eigenvalue weighted by Gasteiger charge is 2.10. The molecule has 0 aliphatic rings. The van der Waals surface area contributed by atoms with Gasteiger partial charge in [0.25, 0.3) is 5.56 Å². The van der Waals surface area contributed by atoms with Crippen molar-refractivity contribution in [3.8, 4) is 0 Å². The Morgan fingerprint density at radius 1 is 1.61 bits per heavy atom. The Morgan fingerprint density at radius 3 is 3.11 bits per heavy atom. The average molecular weight is 267 g/mol. The van der Waals surface area contributed by atoms with Crippen molar-refractivity contribution in [3.05, 3.63) is 27.6 Å². The number of nitrogens with one attached hydrogen (secondary N) is 1. The Hall–Kier alpha value is -1.73. The summed E-state index contributed by atoms with van der Waals surface area (Å²) < 4.78 is 5.19. The first-order chi connectivity index (χ1) is 8.60. The molecule has 0 saturated heterocycles. The van der Waals surface area contributed by atoms with Gasteiger partial charge in [-0.05, 0) is 18.5 Å². The monoisotopic (exact) mass is 267 g/mol. The molecule has 0 aliphatic heterocycles. The van der Waals surface area contributed by atoms with Crippen LogP contribution in [-0.2, 0) is 16.1 Å². The quantitative estimate of drug-likeness (QED) is 0.821. The van der Waals surface area contributed by atoms with Crippen LogP contribution >= 0.6 is 11.3 Å². The van der Waals surface area contributed by atoms with Crippen molar-refractivity contribution in [2.24, 2.45) is 0 Å². The third kappa shape index (κ3) is 2.74. The molecule has 6 nitrogen and oxygen atoms in total. The Labute approximate surface area is 107 Å². The number of H-pyrrole nitrogens is 1. The van der Waals surface area contributed by atoms with E-state index in [0.29, 0.717) is 22.6 Å². The fourth-order valence-electron chi connectivity index (χ4n) is 1.59. The van der Waals surface area contributed by atoms with E-state index in [9.17, 15) is 9.59 Å². The van der Waals surface area contributed by atoms with Gasteiger partial charge >= 0.3 is 5.97 Å². The van der Waals surface area contributed by atoms with Gasteiger partial charge in [-0.2, -0.15) is 0 Å². The van der Waals surface area contributed by atoms with Crippen molar-refractivity contribution in [3.63, 3.8) is 0 Å². The molecule has 1 N–H and O–H groups in total. The second-order valence-electron chi connectivity index (χ2n) is 3.90. The summed E-state index contributed by atoms with van der Waals surface area (Å²) in [6.07, 6.45) is 0. The van der Waals surface area contributed by atoms with E-state index in [-0.39, 0.29) is 18.1 Å². The zero-order chi connectivity index (χ0) is 13.1. The number of likely N-dealkylation sites (N-methyl/N-ethyl adjacent to an activating group) is 1.